The Labute approximate surface area is 131 Å². The fourth-order valence-corrected chi connectivity index (χ4v) is 2.81. The van der Waals surface area contributed by atoms with Crippen LogP contribution in [0, 0.1) is 18.3 Å². The third-order valence-corrected chi connectivity index (χ3v) is 4.06. The van der Waals surface area contributed by atoms with Gasteiger partial charge in [-0.2, -0.15) is 5.26 Å². The quantitative estimate of drug-likeness (QED) is 0.836. The molecule has 6 heteroatoms. The summed E-state index contributed by atoms with van der Waals surface area (Å²) in [6.07, 6.45) is 1.95. The van der Waals surface area contributed by atoms with Gasteiger partial charge in [0, 0.05) is 39.9 Å². The Morgan fingerprint density at radius 2 is 2.14 bits per heavy atom. The van der Waals surface area contributed by atoms with Crippen molar-refractivity contribution >= 4 is 11.8 Å². The van der Waals surface area contributed by atoms with Crippen LogP contribution in [-0.4, -0.2) is 61.1 Å². The van der Waals surface area contributed by atoms with E-state index < -0.39 is 0 Å². The van der Waals surface area contributed by atoms with Crippen molar-refractivity contribution in [3.8, 4) is 6.07 Å². The standard InChI is InChI=1S/C16H23N5O/c1-12-7-8-13(10-17)15(18-12)21-9-5-6-14(11-21)20(4)16(22)19(2)3/h7-8,14H,5-6,9,11H2,1-4H3. The molecule has 6 nitrogen and oxygen atoms in total. The average molecular weight is 301 g/mol. The highest BCUT2D eigenvalue weighted by Gasteiger charge is 2.28. The van der Waals surface area contributed by atoms with Crippen LogP contribution in [0.3, 0.4) is 0 Å². The lowest BCUT2D eigenvalue weighted by Gasteiger charge is -2.39. The number of nitrogens with zero attached hydrogens (tertiary/aromatic N) is 5. The molecule has 0 spiro atoms. The number of nitriles is 1. The van der Waals surface area contributed by atoms with Crippen molar-refractivity contribution in [2.75, 3.05) is 39.1 Å². The monoisotopic (exact) mass is 301 g/mol. The van der Waals surface area contributed by atoms with E-state index in [0.717, 1.165) is 30.9 Å². The minimum atomic E-state index is 0.00422. The minimum Gasteiger partial charge on any atom is -0.353 e. The number of pyridine rings is 1. The molecule has 2 rings (SSSR count). The maximum Gasteiger partial charge on any atom is 0.319 e. The lowest BCUT2D eigenvalue weighted by molar-refractivity contribution is 0.157. The molecule has 0 bridgehead atoms. The third kappa shape index (κ3) is 3.30. The van der Waals surface area contributed by atoms with Gasteiger partial charge in [-0.15, -0.1) is 0 Å². The van der Waals surface area contributed by atoms with E-state index in [4.69, 9.17) is 0 Å². The summed E-state index contributed by atoms with van der Waals surface area (Å²) in [5, 5.41) is 9.29. The summed E-state index contributed by atoms with van der Waals surface area (Å²) in [4.78, 5) is 22.2. The maximum atomic E-state index is 12.1. The highest BCUT2D eigenvalue weighted by atomic mass is 16.2. The van der Waals surface area contributed by atoms with E-state index in [2.05, 4.69) is 16.0 Å². The van der Waals surface area contributed by atoms with Crippen LogP contribution in [0.15, 0.2) is 12.1 Å². The second-order valence-corrected chi connectivity index (χ2v) is 5.97. The van der Waals surface area contributed by atoms with Gasteiger partial charge in [0.2, 0.25) is 0 Å². The van der Waals surface area contributed by atoms with Gasteiger partial charge >= 0.3 is 6.03 Å². The maximum absolute atomic E-state index is 12.1. The molecule has 0 N–H and O–H groups in total. The van der Waals surface area contributed by atoms with Gasteiger partial charge in [0.05, 0.1) is 11.6 Å². The van der Waals surface area contributed by atoms with Crippen LogP contribution >= 0.6 is 0 Å². The lowest BCUT2D eigenvalue weighted by Crippen LogP contribution is -2.51. The first-order valence-electron chi connectivity index (χ1n) is 7.51. The van der Waals surface area contributed by atoms with Crippen molar-refractivity contribution in [2.24, 2.45) is 0 Å². The molecule has 1 saturated heterocycles. The summed E-state index contributed by atoms with van der Waals surface area (Å²) >= 11 is 0. The summed E-state index contributed by atoms with van der Waals surface area (Å²) in [5.41, 5.74) is 1.49. The number of anilines is 1. The Hall–Kier alpha value is -2.29. The van der Waals surface area contributed by atoms with Gasteiger partial charge in [-0.05, 0) is 31.9 Å². The Morgan fingerprint density at radius 3 is 2.77 bits per heavy atom. The van der Waals surface area contributed by atoms with Crippen LogP contribution in [0.4, 0.5) is 10.6 Å². The fraction of sp³-hybridized carbons (Fsp3) is 0.562. The van der Waals surface area contributed by atoms with Gasteiger partial charge in [0.25, 0.3) is 0 Å². The molecule has 1 aromatic heterocycles. The smallest absolute Gasteiger partial charge is 0.319 e. The van der Waals surface area contributed by atoms with Crippen LogP contribution in [0.5, 0.6) is 0 Å². The van der Waals surface area contributed by atoms with Crippen LogP contribution in [-0.2, 0) is 0 Å². The van der Waals surface area contributed by atoms with Gasteiger partial charge in [0.1, 0.15) is 11.9 Å². The van der Waals surface area contributed by atoms with E-state index in [-0.39, 0.29) is 12.1 Å². The van der Waals surface area contributed by atoms with E-state index in [0.29, 0.717) is 12.1 Å². The molecule has 0 aromatic carbocycles. The summed E-state index contributed by atoms with van der Waals surface area (Å²) in [5.74, 6) is 0.734. The Kier molecular flexibility index (Phi) is 4.86. The summed E-state index contributed by atoms with van der Waals surface area (Å²) in [6, 6.07) is 6.02. The number of piperidine rings is 1. The van der Waals surface area contributed by atoms with Crippen LogP contribution in [0.1, 0.15) is 24.1 Å². The predicted molar refractivity (Wildman–Crippen MR) is 85.8 cm³/mol. The number of aromatic nitrogens is 1. The summed E-state index contributed by atoms with van der Waals surface area (Å²) < 4.78 is 0. The molecule has 1 aliphatic rings. The fourth-order valence-electron chi connectivity index (χ4n) is 2.81. The average Bonchev–Trinajstić information content (AvgIpc) is 2.53. The molecule has 1 aliphatic heterocycles. The zero-order chi connectivity index (χ0) is 16.3. The SMILES string of the molecule is Cc1ccc(C#N)c(N2CCCC(N(C)C(=O)N(C)C)C2)n1. The van der Waals surface area contributed by atoms with Crippen LogP contribution in [0.2, 0.25) is 0 Å². The second-order valence-electron chi connectivity index (χ2n) is 5.97. The molecule has 1 aromatic rings. The minimum absolute atomic E-state index is 0.00422. The Bertz CT molecular complexity index is 593. The van der Waals surface area contributed by atoms with Crippen molar-refractivity contribution < 1.29 is 4.79 Å². The van der Waals surface area contributed by atoms with Crippen LogP contribution < -0.4 is 4.90 Å². The number of urea groups is 1. The molecule has 22 heavy (non-hydrogen) atoms. The highest BCUT2D eigenvalue weighted by Crippen LogP contribution is 2.24. The molecule has 0 saturated carbocycles. The highest BCUT2D eigenvalue weighted by molar-refractivity contribution is 5.74. The van der Waals surface area contributed by atoms with Crippen molar-refractivity contribution in [1.29, 1.82) is 5.26 Å². The number of carbonyl (C=O) groups is 1. The number of carbonyl (C=O) groups excluding carboxylic acids is 1. The lowest BCUT2D eigenvalue weighted by atomic mass is 10.0. The molecule has 118 valence electrons. The van der Waals surface area contributed by atoms with E-state index in [1.54, 1.807) is 23.9 Å². The molecular formula is C16H23N5O. The molecule has 1 unspecified atom stereocenters. The number of aryl methyl sites for hydroxylation is 1. The van der Waals surface area contributed by atoms with Crippen molar-refractivity contribution in [3.05, 3.63) is 23.4 Å². The van der Waals surface area contributed by atoms with Gasteiger partial charge in [0.15, 0.2) is 0 Å². The molecule has 0 radical (unpaired) electrons. The van der Waals surface area contributed by atoms with Gasteiger partial charge in [-0.25, -0.2) is 9.78 Å². The van der Waals surface area contributed by atoms with Crippen molar-refractivity contribution in [3.63, 3.8) is 0 Å². The number of likely N-dealkylation sites (N-methyl/N-ethyl adjacent to an activating group) is 1. The van der Waals surface area contributed by atoms with E-state index in [1.807, 2.05) is 26.1 Å². The third-order valence-electron chi connectivity index (χ3n) is 4.06. The largest absolute Gasteiger partial charge is 0.353 e. The number of rotatable bonds is 2. The molecule has 2 heterocycles. The Balaban J connectivity index is 2.19. The van der Waals surface area contributed by atoms with E-state index in [9.17, 15) is 10.1 Å². The number of amides is 2. The predicted octanol–water partition coefficient (Wildman–Crippen LogP) is 1.84. The van der Waals surface area contributed by atoms with Crippen molar-refractivity contribution in [1.82, 2.24) is 14.8 Å². The first kappa shape index (κ1) is 16.1. The van der Waals surface area contributed by atoms with E-state index in [1.165, 1.54) is 0 Å². The first-order chi connectivity index (χ1) is 10.4. The molecule has 2 amide bonds. The normalized spacial score (nSPS) is 17.8. The second kappa shape index (κ2) is 6.65. The van der Waals surface area contributed by atoms with Gasteiger partial charge in [-0.3, -0.25) is 0 Å². The van der Waals surface area contributed by atoms with Gasteiger partial charge < -0.3 is 14.7 Å². The van der Waals surface area contributed by atoms with Crippen molar-refractivity contribution in [2.45, 2.75) is 25.8 Å². The molecule has 0 aliphatic carbocycles. The summed E-state index contributed by atoms with van der Waals surface area (Å²) in [7, 11) is 5.36. The number of hydrogen-bond acceptors (Lipinski definition) is 4. The summed E-state index contributed by atoms with van der Waals surface area (Å²) in [6.45, 7) is 3.50. The zero-order valence-corrected chi connectivity index (χ0v) is 13.7. The van der Waals surface area contributed by atoms with Crippen LogP contribution in [0.25, 0.3) is 0 Å². The van der Waals surface area contributed by atoms with E-state index >= 15 is 0 Å². The molecular weight excluding hydrogens is 278 g/mol. The first-order valence-corrected chi connectivity index (χ1v) is 7.51. The zero-order valence-electron chi connectivity index (χ0n) is 13.7. The molecule has 1 atom stereocenters. The molecule has 1 fully saturated rings. The Morgan fingerprint density at radius 1 is 1.41 bits per heavy atom. The number of hydrogen-bond donors (Lipinski definition) is 0. The topological polar surface area (TPSA) is 63.5 Å². The van der Waals surface area contributed by atoms with Gasteiger partial charge in [-0.1, -0.05) is 0 Å².